The zero-order chi connectivity index (χ0) is 17.1. The summed E-state index contributed by atoms with van der Waals surface area (Å²) in [6, 6.07) is 7.29. The monoisotopic (exact) mass is 343 g/mol. The van der Waals surface area contributed by atoms with Gasteiger partial charge in [-0.2, -0.15) is 0 Å². The summed E-state index contributed by atoms with van der Waals surface area (Å²) in [5.74, 6) is 0.912. The van der Waals surface area contributed by atoms with Gasteiger partial charge in [-0.3, -0.25) is 4.79 Å². The molecule has 1 amide bonds. The summed E-state index contributed by atoms with van der Waals surface area (Å²) >= 11 is 1.32. The minimum absolute atomic E-state index is 0.206. The third-order valence-corrected chi connectivity index (χ3v) is 4.73. The van der Waals surface area contributed by atoms with E-state index in [2.05, 4.69) is 15.3 Å². The van der Waals surface area contributed by atoms with Crippen molar-refractivity contribution in [3.8, 4) is 11.6 Å². The van der Waals surface area contributed by atoms with Gasteiger partial charge in [0.2, 0.25) is 5.88 Å². The van der Waals surface area contributed by atoms with Crippen molar-refractivity contribution in [1.29, 1.82) is 0 Å². The van der Waals surface area contributed by atoms with Gasteiger partial charge in [-0.15, -0.1) is 11.3 Å². The maximum atomic E-state index is 12.7. The van der Waals surface area contributed by atoms with Gasteiger partial charge in [0, 0.05) is 0 Å². The smallest absolute Gasteiger partial charge is 0.266 e. The second kappa shape index (κ2) is 6.84. The normalized spacial score (nSPS) is 10.6. The number of nitrogens with one attached hydrogen (secondary N) is 1. The standard InChI is InChI=1S/C17H17N3O3S/c1-4-23-16-13-10(2)14(24-17(13)19-9-18-16)15(21)20-11-7-5-6-8-12(11)22-3/h5-9H,4H2,1-3H3,(H,20,21). The minimum Gasteiger partial charge on any atom is -0.495 e. The van der Waals surface area contributed by atoms with E-state index in [1.165, 1.54) is 17.7 Å². The van der Waals surface area contributed by atoms with E-state index in [0.717, 1.165) is 15.8 Å². The van der Waals surface area contributed by atoms with Crippen LogP contribution in [0.3, 0.4) is 0 Å². The second-order valence-corrected chi connectivity index (χ2v) is 6.00. The summed E-state index contributed by atoms with van der Waals surface area (Å²) in [5, 5.41) is 3.68. The molecule has 0 unspecified atom stereocenters. The molecule has 2 aromatic heterocycles. The first-order valence-electron chi connectivity index (χ1n) is 7.47. The van der Waals surface area contributed by atoms with Crippen molar-refractivity contribution in [1.82, 2.24) is 9.97 Å². The molecule has 3 rings (SSSR count). The maximum absolute atomic E-state index is 12.7. The Morgan fingerprint density at radius 1 is 1.29 bits per heavy atom. The molecular weight excluding hydrogens is 326 g/mol. The average molecular weight is 343 g/mol. The summed E-state index contributed by atoms with van der Waals surface area (Å²) < 4.78 is 10.8. The Kier molecular flexibility index (Phi) is 4.61. The first-order chi connectivity index (χ1) is 11.7. The molecule has 7 heteroatoms. The van der Waals surface area contributed by atoms with Gasteiger partial charge < -0.3 is 14.8 Å². The Morgan fingerprint density at radius 3 is 2.83 bits per heavy atom. The lowest BCUT2D eigenvalue weighted by Crippen LogP contribution is -2.12. The molecule has 0 aliphatic carbocycles. The predicted molar refractivity (Wildman–Crippen MR) is 94.3 cm³/mol. The van der Waals surface area contributed by atoms with Gasteiger partial charge >= 0.3 is 0 Å². The molecule has 0 aliphatic rings. The number of ether oxygens (including phenoxy) is 2. The van der Waals surface area contributed by atoms with Gasteiger partial charge in [0.1, 0.15) is 16.9 Å². The highest BCUT2D eigenvalue weighted by Crippen LogP contribution is 2.35. The predicted octanol–water partition coefficient (Wildman–Crippen LogP) is 3.66. The van der Waals surface area contributed by atoms with Crippen molar-refractivity contribution in [3.05, 3.63) is 41.0 Å². The lowest BCUT2D eigenvalue weighted by Gasteiger charge is -2.09. The topological polar surface area (TPSA) is 73.3 Å². The summed E-state index contributed by atoms with van der Waals surface area (Å²) in [6.07, 6.45) is 1.45. The van der Waals surface area contributed by atoms with Crippen molar-refractivity contribution >= 4 is 33.1 Å². The maximum Gasteiger partial charge on any atom is 0.266 e. The molecule has 0 saturated heterocycles. The zero-order valence-corrected chi connectivity index (χ0v) is 14.4. The van der Waals surface area contributed by atoms with Crippen molar-refractivity contribution < 1.29 is 14.3 Å². The summed E-state index contributed by atoms with van der Waals surface area (Å²) in [7, 11) is 1.57. The molecule has 0 bridgehead atoms. The van der Waals surface area contributed by atoms with Crippen molar-refractivity contribution in [2.45, 2.75) is 13.8 Å². The highest BCUT2D eigenvalue weighted by Gasteiger charge is 2.20. The van der Waals surface area contributed by atoms with Crippen LogP contribution in [0.5, 0.6) is 11.6 Å². The fourth-order valence-electron chi connectivity index (χ4n) is 2.43. The minimum atomic E-state index is -0.206. The van der Waals surface area contributed by atoms with Gasteiger partial charge in [-0.05, 0) is 31.5 Å². The Bertz CT molecular complexity index is 892. The van der Waals surface area contributed by atoms with Crippen molar-refractivity contribution in [2.24, 2.45) is 0 Å². The van der Waals surface area contributed by atoms with Crippen LogP contribution in [0.4, 0.5) is 5.69 Å². The number of carbonyl (C=O) groups excluding carboxylic acids is 1. The van der Waals surface area contributed by atoms with E-state index in [4.69, 9.17) is 9.47 Å². The third kappa shape index (κ3) is 2.90. The lowest BCUT2D eigenvalue weighted by atomic mass is 10.2. The van der Waals surface area contributed by atoms with E-state index >= 15 is 0 Å². The van der Waals surface area contributed by atoms with E-state index in [-0.39, 0.29) is 5.91 Å². The molecule has 1 aromatic carbocycles. The van der Waals surface area contributed by atoms with Crippen molar-refractivity contribution in [3.63, 3.8) is 0 Å². The van der Waals surface area contributed by atoms with Gasteiger partial charge in [0.25, 0.3) is 5.91 Å². The number of para-hydroxylation sites is 2. The Morgan fingerprint density at radius 2 is 2.08 bits per heavy atom. The molecule has 24 heavy (non-hydrogen) atoms. The number of amides is 1. The summed E-state index contributed by atoms with van der Waals surface area (Å²) in [4.78, 5) is 22.4. The van der Waals surface area contributed by atoms with Crippen molar-refractivity contribution in [2.75, 3.05) is 19.0 Å². The molecular formula is C17H17N3O3S. The summed E-state index contributed by atoms with van der Waals surface area (Å²) in [5.41, 5.74) is 1.43. The highest BCUT2D eigenvalue weighted by molar-refractivity contribution is 7.20. The molecule has 1 N–H and O–H groups in total. The van der Waals surface area contributed by atoms with E-state index in [1.54, 1.807) is 19.2 Å². The Hall–Kier alpha value is -2.67. The van der Waals surface area contributed by atoms with E-state index in [1.807, 2.05) is 26.0 Å². The first kappa shape index (κ1) is 16.2. The number of hydrogen-bond acceptors (Lipinski definition) is 6. The van der Waals surface area contributed by atoms with Crippen LogP contribution in [0.15, 0.2) is 30.6 Å². The van der Waals surface area contributed by atoms with E-state index < -0.39 is 0 Å². The molecule has 0 atom stereocenters. The molecule has 0 spiro atoms. The van der Waals surface area contributed by atoms with E-state index in [9.17, 15) is 4.79 Å². The average Bonchev–Trinajstić information content (AvgIpc) is 2.94. The SMILES string of the molecule is CCOc1ncnc2sc(C(=O)Nc3ccccc3OC)c(C)c12. The van der Waals surface area contributed by atoms with Gasteiger partial charge in [-0.1, -0.05) is 12.1 Å². The van der Waals surface area contributed by atoms with E-state index in [0.29, 0.717) is 28.8 Å². The number of thiophene rings is 1. The Labute approximate surface area is 143 Å². The van der Waals surface area contributed by atoms with Crippen LogP contribution in [0, 0.1) is 6.92 Å². The molecule has 3 aromatic rings. The van der Waals surface area contributed by atoms with Crippen LogP contribution in [0.25, 0.3) is 10.2 Å². The van der Waals surface area contributed by atoms with Gasteiger partial charge in [0.05, 0.1) is 29.7 Å². The number of anilines is 1. The molecule has 124 valence electrons. The number of nitrogens with zero attached hydrogens (tertiary/aromatic N) is 2. The zero-order valence-electron chi connectivity index (χ0n) is 13.6. The highest BCUT2D eigenvalue weighted by atomic mass is 32.1. The van der Waals surface area contributed by atoms with Crippen LogP contribution >= 0.6 is 11.3 Å². The molecule has 0 aliphatic heterocycles. The molecule has 2 heterocycles. The quantitative estimate of drug-likeness (QED) is 0.765. The number of aromatic nitrogens is 2. The van der Waals surface area contributed by atoms with Crippen LogP contribution in [-0.4, -0.2) is 29.6 Å². The van der Waals surface area contributed by atoms with Crippen LogP contribution in [0.1, 0.15) is 22.2 Å². The molecule has 0 fully saturated rings. The van der Waals surface area contributed by atoms with Crippen LogP contribution < -0.4 is 14.8 Å². The second-order valence-electron chi connectivity index (χ2n) is 5.00. The largest absolute Gasteiger partial charge is 0.495 e. The summed E-state index contributed by atoms with van der Waals surface area (Å²) in [6.45, 7) is 4.27. The lowest BCUT2D eigenvalue weighted by molar-refractivity contribution is 0.102. The number of fused-ring (bicyclic) bond motifs is 1. The number of carbonyl (C=O) groups is 1. The molecule has 6 nitrogen and oxygen atoms in total. The Balaban J connectivity index is 1.98. The fraction of sp³-hybridized carbons (Fsp3) is 0.235. The number of aryl methyl sites for hydroxylation is 1. The number of rotatable bonds is 5. The number of methoxy groups -OCH3 is 1. The fourth-order valence-corrected chi connectivity index (χ4v) is 3.46. The molecule has 0 radical (unpaired) electrons. The molecule has 0 saturated carbocycles. The number of benzene rings is 1. The third-order valence-electron chi connectivity index (χ3n) is 3.53. The van der Waals surface area contributed by atoms with Gasteiger partial charge in [-0.25, -0.2) is 9.97 Å². The number of hydrogen-bond donors (Lipinski definition) is 1. The first-order valence-corrected chi connectivity index (χ1v) is 8.28. The van der Waals surface area contributed by atoms with Crippen LogP contribution in [0.2, 0.25) is 0 Å². The van der Waals surface area contributed by atoms with Crippen LogP contribution in [-0.2, 0) is 0 Å². The van der Waals surface area contributed by atoms with Gasteiger partial charge in [0.15, 0.2) is 0 Å².